The van der Waals surface area contributed by atoms with E-state index in [2.05, 4.69) is 32.9 Å². The molecule has 5 aliphatic rings. The van der Waals surface area contributed by atoms with E-state index < -0.39 is 25.5 Å². The average molecular weight is 1010 g/mol. The van der Waals surface area contributed by atoms with E-state index in [1.807, 2.05) is 42.5 Å². The monoisotopic (exact) mass is 1010 g/mol. The smallest absolute Gasteiger partial charge is 0.572 e. The van der Waals surface area contributed by atoms with Crippen molar-refractivity contribution in [1.82, 2.24) is 9.97 Å². The minimum Gasteiger partial charge on any atom is -0.572 e. The van der Waals surface area contributed by atoms with Gasteiger partial charge in [0.1, 0.15) is 40.4 Å². The van der Waals surface area contributed by atoms with Crippen LogP contribution in [0, 0.1) is 22.0 Å². The molecule has 362 valence electrons. The number of hydrogen-bond donors (Lipinski definition) is 0. The Labute approximate surface area is 416 Å². The molecular weight excluding hydrogens is 949 g/mol. The van der Waals surface area contributed by atoms with Crippen LogP contribution in [0.4, 0.5) is 20.2 Å². The summed E-state index contributed by atoms with van der Waals surface area (Å²) in [5, 5.41) is 11.1. The number of halogens is 3. The SMILES string of the molecule is F[N+]12CC[N+](CCl)(CC1)CC2.Fc1ccccc1C1CCCCC1.O=[N+]([O-])c1ccccc1S(=O)(=O)[N-]c1ccccc1-c1ccccn1.[Ni+2].[c-]1ccccc1C1CCCCC1.c1ccncc1. The minimum atomic E-state index is -4.26. The number of nitrogens with zero attached hydrogens (tertiary/aromatic N) is 6. The summed E-state index contributed by atoms with van der Waals surface area (Å²) >= 11 is 5.85. The van der Waals surface area contributed by atoms with Crippen LogP contribution >= 0.6 is 11.6 Å². The van der Waals surface area contributed by atoms with Gasteiger partial charge >= 0.3 is 16.5 Å². The number of para-hydroxylation sites is 1. The zero-order valence-electron chi connectivity index (χ0n) is 38.3. The van der Waals surface area contributed by atoms with Gasteiger partial charge in [-0.25, -0.2) is 12.8 Å². The molecule has 2 bridgehead atoms. The summed E-state index contributed by atoms with van der Waals surface area (Å²) in [7, 11) is -4.26. The van der Waals surface area contributed by atoms with Crippen LogP contribution in [-0.4, -0.2) is 77.8 Å². The second-order valence-corrected chi connectivity index (χ2v) is 19.2. The first-order chi connectivity index (χ1) is 32.5. The zero-order valence-corrected chi connectivity index (χ0v) is 40.8. The molecule has 5 heterocycles. The number of alkyl halides is 1. The van der Waals surface area contributed by atoms with Crippen molar-refractivity contribution >= 4 is 33.0 Å². The minimum absolute atomic E-state index is 0. The van der Waals surface area contributed by atoms with Crippen molar-refractivity contribution < 1.29 is 47.9 Å². The third-order valence-corrected chi connectivity index (χ3v) is 14.7. The molecule has 2 saturated carbocycles. The first kappa shape index (κ1) is 53.8. The van der Waals surface area contributed by atoms with Crippen LogP contribution in [0.3, 0.4) is 0 Å². The molecule has 0 spiro atoms. The van der Waals surface area contributed by atoms with E-state index in [0.29, 0.717) is 42.8 Å². The fourth-order valence-electron chi connectivity index (χ4n) is 8.93. The second-order valence-electron chi connectivity index (χ2n) is 17.4. The number of hydrogen-bond acceptors (Lipinski definition) is 6. The molecule has 10 nitrogen and oxygen atoms in total. The van der Waals surface area contributed by atoms with E-state index in [4.69, 9.17) is 11.6 Å². The number of nitro benzene ring substituents is 1. The van der Waals surface area contributed by atoms with Crippen LogP contribution in [0.25, 0.3) is 16.0 Å². The van der Waals surface area contributed by atoms with E-state index >= 15 is 0 Å². The Morgan fingerprint density at radius 3 is 1.82 bits per heavy atom. The largest absolute Gasteiger partial charge is 2.00 e. The van der Waals surface area contributed by atoms with Crippen LogP contribution in [0.15, 0.2) is 157 Å². The van der Waals surface area contributed by atoms with E-state index in [9.17, 15) is 27.4 Å². The summed E-state index contributed by atoms with van der Waals surface area (Å²) in [4.78, 5) is 17.9. The van der Waals surface area contributed by atoms with Crippen molar-refractivity contribution in [3.8, 4) is 11.3 Å². The number of quaternary nitrogens is 2. The molecule has 3 saturated heterocycles. The van der Waals surface area contributed by atoms with Crippen LogP contribution in [0.1, 0.15) is 87.2 Å². The fourth-order valence-corrected chi connectivity index (χ4v) is 10.5. The first-order valence-electron chi connectivity index (χ1n) is 23.3. The maximum absolute atomic E-state index is 13.5. The average Bonchev–Trinajstić information content (AvgIpc) is 3.39. The van der Waals surface area contributed by atoms with Crippen molar-refractivity contribution in [2.45, 2.75) is 80.9 Å². The summed E-state index contributed by atoms with van der Waals surface area (Å²) in [5.74, 6) is 1.27. The summed E-state index contributed by atoms with van der Waals surface area (Å²) in [6.45, 7) is 4.81. The Morgan fingerprint density at radius 1 is 0.691 bits per heavy atom. The van der Waals surface area contributed by atoms with Gasteiger partial charge in [-0.15, -0.1) is 10.4 Å². The Kier molecular flexibility index (Phi) is 21.5. The Hall–Kier alpha value is -5.11. The van der Waals surface area contributed by atoms with Gasteiger partial charge in [-0.1, -0.05) is 117 Å². The van der Waals surface area contributed by atoms with Gasteiger partial charge in [0, 0.05) is 24.7 Å². The molecular formula is C53H61ClF2N6NiO4S+2. The summed E-state index contributed by atoms with van der Waals surface area (Å²) in [6, 6.07) is 42.3. The van der Waals surface area contributed by atoms with Gasteiger partial charge < -0.3 is 4.72 Å². The zero-order chi connectivity index (χ0) is 47.4. The van der Waals surface area contributed by atoms with Gasteiger partial charge in [0.05, 0.1) is 10.6 Å². The third-order valence-electron chi connectivity index (χ3n) is 12.9. The van der Waals surface area contributed by atoms with Crippen molar-refractivity contribution in [3.63, 3.8) is 0 Å². The topological polar surface area (TPSA) is 117 Å². The number of aromatic nitrogens is 2. The molecule has 5 fully saturated rings. The van der Waals surface area contributed by atoms with Crippen LogP contribution < -0.4 is 0 Å². The normalized spacial score (nSPS) is 19.8. The number of benzene rings is 4. The number of rotatable bonds is 8. The maximum atomic E-state index is 13.5. The predicted octanol–water partition coefficient (Wildman–Crippen LogP) is 13.3. The fraction of sp³-hybridized carbons (Fsp3) is 0.358. The molecule has 68 heavy (non-hydrogen) atoms. The molecule has 0 radical (unpaired) electrons. The maximum Gasteiger partial charge on any atom is 2.00 e. The Balaban J connectivity index is 0.000000171. The molecule has 0 unspecified atom stereocenters. The molecule has 3 aliphatic heterocycles. The molecule has 0 amide bonds. The number of pyridine rings is 2. The molecule has 2 aromatic heterocycles. The van der Waals surface area contributed by atoms with Gasteiger partial charge in [0.25, 0.3) is 5.69 Å². The van der Waals surface area contributed by atoms with Gasteiger partial charge in [0.2, 0.25) is 0 Å². The van der Waals surface area contributed by atoms with E-state index in [0.717, 1.165) is 41.7 Å². The van der Waals surface area contributed by atoms with Crippen LogP contribution in [0.2, 0.25) is 0 Å². The molecule has 15 heteroatoms. The van der Waals surface area contributed by atoms with E-state index in [-0.39, 0.29) is 32.7 Å². The van der Waals surface area contributed by atoms with Crippen LogP contribution in [-0.2, 0) is 26.5 Å². The molecule has 4 aromatic carbocycles. The molecule has 11 rings (SSSR count). The Morgan fingerprint density at radius 2 is 1.26 bits per heavy atom. The van der Waals surface area contributed by atoms with Crippen molar-refractivity contribution in [2.75, 3.05) is 45.3 Å². The van der Waals surface area contributed by atoms with Crippen molar-refractivity contribution in [3.05, 3.63) is 190 Å². The number of sulfonamides is 1. The number of fused-ring (bicyclic) bond motifs is 3. The van der Waals surface area contributed by atoms with Gasteiger partial charge in [-0.3, -0.25) is 24.6 Å². The predicted molar refractivity (Wildman–Crippen MR) is 262 cm³/mol. The van der Waals surface area contributed by atoms with E-state index in [1.54, 1.807) is 67.1 Å². The summed E-state index contributed by atoms with van der Waals surface area (Å²) in [5.41, 5.74) is 3.09. The standard InChI is InChI=1S/C17H12N3O4S.C12H15F.C12H15.C7H14ClFN2.C5H5N.Ni/c21-20(22)16-10-3-4-11-17(16)25(23,24)19-15-9-2-1-7-13(15)14-8-5-6-12-18-14;13-12-9-5-4-8-11(12)10-6-2-1-3-7-10;1-3-7-11(8-4-1)12-9-5-2-6-10-12;8-7-10-1-4-11(9,5-2-10)6-3-10;1-2-4-6-5-3-1;/h1-12H;4-5,8-10H,1-3,6-7H2;1,3-4,7,12H,2,5-6,9-10H2;1-7H2;1-5H;/q-1;;-1;+2;;+2. The van der Waals surface area contributed by atoms with Gasteiger partial charge in [0.15, 0.2) is 25.6 Å². The second kappa shape index (κ2) is 27.2. The number of piperazine rings is 3. The Bertz CT molecular complexity index is 2470. The summed E-state index contributed by atoms with van der Waals surface area (Å²) in [6.07, 6.45) is 18.3. The molecule has 2 aliphatic carbocycles. The van der Waals surface area contributed by atoms with Crippen molar-refractivity contribution in [2.24, 2.45) is 0 Å². The van der Waals surface area contributed by atoms with Gasteiger partial charge in [-0.05, 0) is 89.5 Å². The third kappa shape index (κ3) is 16.0. The van der Waals surface area contributed by atoms with Gasteiger partial charge in [-0.2, -0.15) is 35.9 Å². The molecule has 6 aromatic rings. The van der Waals surface area contributed by atoms with E-state index in [1.165, 1.54) is 94.0 Å². The first-order valence-corrected chi connectivity index (χ1v) is 25.2. The summed E-state index contributed by atoms with van der Waals surface area (Å²) < 4.78 is 56.7. The van der Waals surface area contributed by atoms with Crippen LogP contribution in [0.5, 0.6) is 0 Å². The van der Waals surface area contributed by atoms with Crippen molar-refractivity contribution in [1.29, 1.82) is 0 Å². The molecule has 0 N–H and O–H groups in total. The molecule has 0 atom stereocenters. The number of nitro groups is 1. The quantitative estimate of drug-likeness (QED) is 0.0219.